The Morgan fingerprint density at radius 3 is 2.83 bits per heavy atom. The molecule has 92 valence electrons. The van der Waals surface area contributed by atoms with Crippen LogP contribution in [0.5, 0.6) is 0 Å². The quantitative estimate of drug-likeness (QED) is 0.785. The van der Waals surface area contributed by atoms with Gasteiger partial charge in [0.15, 0.2) is 0 Å². The van der Waals surface area contributed by atoms with Crippen LogP contribution in [-0.2, 0) is 11.3 Å². The molecule has 1 heterocycles. The lowest BCUT2D eigenvalue weighted by Gasteiger charge is -2.05. The van der Waals surface area contributed by atoms with Crippen LogP contribution in [0.25, 0.3) is 0 Å². The Kier molecular flexibility index (Phi) is 3.62. The molecule has 2 rings (SSSR count). The smallest absolute Gasteiger partial charge is 0.340 e. The molecule has 1 aromatic carbocycles. The van der Waals surface area contributed by atoms with Crippen LogP contribution in [0.15, 0.2) is 42.7 Å². The molecule has 0 unspecified atom stereocenters. The van der Waals surface area contributed by atoms with E-state index in [1.54, 1.807) is 6.07 Å². The average molecular weight is 249 g/mol. The van der Waals surface area contributed by atoms with Crippen LogP contribution >= 0.6 is 0 Å². The van der Waals surface area contributed by atoms with Crippen LogP contribution in [0.3, 0.4) is 0 Å². The zero-order valence-corrected chi connectivity index (χ0v) is 9.27. The summed E-state index contributed by atoms with van der Waals surface area (Å²) in [7, 11) is 0. The third-order valence-electron chi connectivity index (χ3n) is 2.26. The standard InChI is InChI=1S/C13H9F2NO2/c14-11-3-4-12(15)10(6-11)8-18-13(17)9-2-1-5-16-7-9/h1-7H,8H2. The number of carbonyl (C=O) groups excluding carboxylic acids is 1. The maximum absolute atomic E-state index is 13.3. The Morgan fingerprint density at radius 1 is 1.28 bits per heavy atom. The molecule has 2 aromatic rings. The summed E-state index contributed by atoms with van der Waals surface area (Å²) in [5, 5.41) is 0. The van der Waals surface area contributed by atoms with E-state index < -0.39 is 17.6 Å². The highest BCUT2D eigenvalue weighted by Crippen LogP contribution is 2.12. The van der Waals surface area contributed by atoms with E-state index in [1.165, 1.54) is 18.5 Å². The molecule has 0 spiro atoms. The Hall–Kier alpha value is -2.30. The van der Waals surface area contributed by atoms with E-state index in [-0.39, 0.29) is 17.7 Å². The lowest BCUT2D eigenvalue weighted by molar-refractivity contribution is 0.0468. The molecular weight excluding hydrogens is 240 g/mol. The molecule has 1 aromatic heterocycles. The lowest BCUT2D eigenvalue weighted by Crippen LogP contribution is -2.06. The van der Waals surface area contributed by atoms with Crippen molar-refractivity contribution < 1.29 is 18.3 Å². The SMILES string of the molecule is O=C(OCc1cc(F)ccc1F)c1cccnc1. The molecule has 0 saturated heterocycles. The van der Waals surface area contributed by atoms with Crippen LogP contribution in [-0.4, -0.2) is 11.0 Å². The van der Waals surface area contributed by atoms with Gasteiger partial charge in [-0.2, -0.15) is 0 Å². The van der Waals surface area contributed by atoms with Crippen LogP contribution in [0.1, 0.15) is 15.9 Å². The van der Waals surface area contributed by atoms with Gasteiger partial charge in [0.1, 0.15) is 18.2 Å². The monoisotopic (exact) mass is 249 g/mol. The Balaban J connectivity index is 2.04. The van der Waals surface area contributed by atoms with Gasteiger partial charge in [-0.25, -0.2) is 13.6 Å². The number of hydrogen-bond acceptors (Lipinski definition) is 3. The van der Waals surface area contributed by atoms with Gasteiger partial charge in [0.05, 0.1) is 5.56 Å². The highest BCUT2D eigenvalue weighted by atomic mass is 19.1. The summed E-state index contributed by atoms with van der Waals surface area (Å²) in [5.74, 6) is -1.83. The van der Waals surface area contributed by atoms with Crippen molar-refractivity contribution in [2.24, 2.45) is 0 Å². The molecule has 5 heteroatoms. The van der Waals surface area contributed by atoms with Gasteiger partial charge in [0.2, 0.25) is 0 Å². The molecule has 0 N–H and O–H groups in total. The normalized spacial score (nSPS) is 10.1. The molecule has 3 nitrogen and oxygen atoms in total. The van der Waals surface area contributed by atoms with E-state index >= 15 is 0 Å². The van der Waals surface area contributed by atoms with Gasteiger partial charge < -0.3 is 4.74 Å². The van der Waals surface area contributed by atoms with Crippen molar-refractivity contribution in [1.29, 1.82) is 0 Å². The minimum atomic E-state index is -0.633. The fourth-order valence-corrected chi connectivity index (χ4v) is 1.36. The molecule has 0 atom stereocenters. The minimum absolute atomic E-state index is 0.00718. The Bertz CT molecular complexity index is 558. The average Bonchev–Trinajstić information content (AvgIpc) is 2.40. The summed E-state index contributed by atoms with van der Waals surface area (Å²) in [5.41, 5.74) is 0.251. The molecule has 0 aliphatic heterocycles. The van der Waals surface area contributed by atoms with Crippen molar-refractivity contribution in [3.05, 3.63) is 65.5 Å². The van der Waals surface area contributed by atoms with E-state index in [0.29, 0.717) is 0 Å². The zero-order valence-electron chi connectivity index (χ0n) is 9.27. The highest BCUT2D eigenvalue weighted by Gasteiger charge is 2.09. The summed E-state index contributed by atoms with van der Waals surface area (Å²) in [6, 6.07) is 6.09. The predicted octanol–water partition coefficient (Wildman–Crippen LogP) is 2.72. The summed E-state index contributed by atoms with van der Waals surface area (Å²) < 4.78 is 31.0. The minimum Gasteiger partial charge on any atom is -0.457 e. The first-order valence-electron chi connectivity index (χ1n) is 5.18. The molecule has 0 amide bonds. The third kappa shape index (κ3) is 2.88. The number of esters is 1. The molecule has 0 fully saturated rings. The van der Waals surface area contributed by atoms with E-state index in [4.69, 9.17) is 4.74 Å². The predicted molar refractivity (Wildman–Crippen MR) is 59.7 cm³/mol. The summed E-state index contributed by atoms with van der Waals surface area (Å²) in [6.07, 6.45) is 2.85. The van der Waals surface area contributed by atoms with Gasteiger partial charge in [-0.15, -0.1) is 0 Å². The van der Waals surface area contributed by atoms with E-state index in [2.05, 4.69) is 4.98 Å². The fraction of sp³-hybridized carbons (Fsp3) is 0.0769. The van der Waals surface area contributed by atoms with Crippen LogP contribution in [0.2, 0.25) is 0 Å². The number of hydrogen-bond donors (Lipinski definition) is 0. The molecule has 0 aliphatic rings. The second-order valence-electron chi connectivity index (χ2n) is 3.55. The van der Waals surface area contributed by atoms with Gasteiger partial charge in [-0.3, -0.25) is 4.98 Å². The van der Waals surface area contributed by atoms with Crippen molar-refractivity contribution in [3.63, 3.8) is 0 Å². The van der Waals surface area contributed by atoms with E-state index in [9.17, 15) is 13.6 Å². The van der Waals surface area contributed by atoms with Crippen molar-refractivity contribution >= 4 is 5.97 Å². The van der Waals surface area contributed by atoms with E-state index in [0.717, 1.165) is 18.2 Å². The fourth-order valence-electron chi connectivity index (χ4n) is 1.36. The number of nitrogens with zero attached hydrogens (tertiary/aromatic N) is 1. The van der Waals surface area contributed by atoms with Gasteiger partial charge >= 0.3 is 5.97 Å². The van der Waals surface area contributed by atoms with Crippen molar-refractivity contribution in [2.75, 3.05) is 0 Å². The molecule has 0 bridgehead atoms. The maximum atomic E-state index is 13.3. The molecule has 18 heavy (non-hydrogen) atoms. The maximum Gasteiger partial charge on any atom is 0.340 e. The highest BCUT2D eigenvalue weighted by molar-refractivity contribution is 5.88. The summed E-state index contributed by atoms with van der Waals surface area (Å²) in [6.45, 7) is -0.322. The first kappa shape index (κ1) is 12.2. The zero-order chi connectivity index (χ0) is 13.0. The number of aromatic nitrogens is 1. The molecule has 0 radical (unpaired) electrons. The van der Waals surface area contributed by atoms with Crippen LogP contribution < -0.4 is 0 Å². The summed E-state index contributed by atoms with van der Waals surface area (Å²) in [4.78, 5) is 15.3. The van der Waals surface area contributed by atoms with Gasteiger partial charge in [0, 0.05) is 18.0 Å². The number of halogens is 2. The number of ether oxygens (including phenoxy) is 1. The second-order valence-corrected chi connectivity index (χ2v) is 3.55. The van der Waals surface area contributed by atoms with Crippen LogP contribution in [0, 0.1) is 11.6 Å². The van der Waals surface area contributed by atoms with Crippen molar-refractivity contribution in [2.45, 2.75) is 6.61 Å². The number of pyridine rings is 1. The molecule has 0 saturated carbocycles. The summed E-state index contributed by atoms with van der Waals surface area (Å²) >= 11 is 0. The van der Waals surface area contributed by atoms with Crippen molar-refractivity contribution in [1.82, 2.24) is 4.98 Å². The first-order chi connectivity index (χ1) is 8.66. The Labute approximate surface area is 102 Å². The van der Waals surface area contributed by atoms with Gasteiger partial charge in [-0.1, -0.05) is 0 Å². The topological polar surface area (TPSA) is 39.2 Å². The van der Waals surface area contributed by atoms with Gasteiger partial charge in [0.25, 0.3) is 0 Å². The number of benzene rings is 1. The number of carbonyl (C=O) groups is 1. The van der Waals surface area contributed by atoms with Crippen molar-refractivity contribution in [3.8, 4) is 0 Å². The largest absolute Gasteiger partial charge is 0.457 e. The lowest BCUT2D eigenvalue weighted by atomic mass is 10.2. The van der Waals surface area contributed by atoms with Crippen LogP contribution in [0.4, 0.5) is 8.78 Å². The third-order valence-corrected chi connectivity index (χ3v) is 2.26. The first-order valence-corrected chi connectivity index (χ1v) is 5.18. The van der Waals surface area contributed by atoms with E-state index in [1.807, 2.05) is 0 Å². The second kappa shape index (κ2) is 5.35. The molecule has 0 aliphatic carbocycles. The Morgan fingerprint density at radius 2 is 2.11 bits per heavy atom. The van der Waals surface area contributed by atoms with Gasteiger partial charge in [-0.05, 0) is 30.3 Å². The molecular formula is C13H9F2NO2. The number of rotatable bonds is 3.